The Morgan fingerprint density at radius 1 is 0.471 bits per heavy atom. The normalized spacial score (nSPS) is 19.6. The first-order valence-electron chi connectivity index (χ1n) is 30.2. The number of aliphatic hydroxyl groups is 5. The van der Waals surface area contributed by atoms with E-state index < -0.39 is 49.5 Å². The number of ether oxygens (including phenoxy) is 2. The lowest BCUT2D eigenvalue weighted by atomic mass is 9.99. The minimum absolute atomic E-state index is 0.186. The van der Waals surface area contributed by atoms with Crippen LogP contribution in [0.15, 0.2) is 36.5 Å². The highest BCUT2D eigenvalue weighted by atomic mass is 16.7. The first-order chi connectivity index (χ1) is 34.3. The molecule has 0 saturated carbocycles. The molecule has 0 aromatic rings. The topological polar surface area (TPSA) is 149 Å². The minimum Gasteiger partial charge on any atom is -0.394 e. The standard InChI is InChI=1S/C61H115NO8/c1-3-5-7-9-11-13-15-17-19-21-23-24-25-26-27-28-29-30-31-33-34-36-38-40-42-44-46-48-50-55(64)54(53-69-61-60(68)59(67)58(66)56(52-63)70-61)62-57(65)51-49-47-45-43-41-39-37-35-32-22-20-18-16-14-12-10-8-6-4-2/h18,20,40,42,48,50,54-56,58-61,63-64,66-68H,3-17,19,21-39,41,43-47,49,51-53H2,1-2H3,(H,62,65)/b20-18-,42-40+,50-48+. The van der Waals surface area contributed by atoms with Crippen molar-refractivity contribution < 1.29 is 39.8 Å². The third kappa shape index (κ3) is 39.9. The van der Waals surface area contributed by atoms with Crippen molar-refractivity contribution in [3.05, 3.63) is 36.5 Å². The number of carbonyl (C=O) groups excluding carboxylic acids is 1. The molecule has 1 saturated heterocycles. The zero-order valence-electron chi connectivity index (χ0n) is 45.8. The number of allylic oxidation sites excluding steroid dienone is 5. The Morgan fingerprint density at radius 2 is 0.814 bits per heavy atom. The quantitative estimate of drug-likeness (QED) is 0.0261. The highest BCUT2D eigenvalue weighted by Crippen LogP contribution is 2.23. The summed E-state index contributed by atoms with van der Waals surface area (Å²) in [6.45, 7) is 3.79. The summed E-state index contributed by atoms with van der Waals surface area (Å²) >= 11 is 0. The van der Waals surface area contributed by atoms with E-state index in [9.17, 15) is 30.3 Å². The third-order valence-electron chi connectivity index (χ3n) is 14.4. The fourth-order valence-corrected chi connectivity index (χ4v) is 9.64. The maximum atomic E-state index is 13.0. The largest absolute Gasteiger partial charge is 0.394 e. The Balaban J connectivity index is 2.22. The van der Waals surface area contributed by atoms with Crippen LogP contribution in [0.3, 0.4) is 0 Å². The average molecular weight is 991 g/mol. The number of hydrogen-bond acceptors (Lipinski definition) is 8. The van der Waals surface area contributed by atoms with E-state index >= 15 is 0 Å². The molecule has 1 amide bonds. The van der Waals surface area contributed by atoms with Crippen LogP contribution in [0.1, 0.15) is 290 Å². The average Bonchev–Trinajstić information content (AvgIpc) is 3.36. The molecule has 1 aliphatic rings. The van der Waals surface area contributed by atoms with E-state index in [4.69, 9.17) is 9.47 Å². The molecular weight excluding hydrogens is 875 g/mol. The fraction of sp³-hybridized carbons (Fsp3) is 0.885. The molecule has 1 aliphatic heterocycles. The van der Waals surface area contributed by atoms with Gasteiger partial charge in [0.25, 0.3) is 0 Å². The molecule has 1 rings (SSSR count). The van der Waals surface area contributed by atoms with Gasteiger partial charge in [0.1, 0.15) is 24.4 Å². The second kappa shape index (κ2) is 50.9. The zero-order valence-corrected chi connectivity index (χ0v) is 45.8. The number of unbranched alkanes of at least 4 members (excludes halogenated alkanes) is 38. The molecule has 0 bridgehead atoms. The van der Waals surface area contributed by atoms with Crippen LogP contribution >= 0.6 is 0 Å². The molecule has 7 unspecified atom stereocenters. The molecule has 0 radical (unpaired) electrons. The Morgan fingerprint density at radius 3 is 1.20 bits per heavy atom. The van der Waals surface area contributed by atoms with Crippen molar-refractivity contribution in [3.63, 3.8) is 0 Å². The molecule has 0 aromatic heterocycles. The molecular formula is C61H115NO8. The number of carbonyl (C=O) groups is 1. The van der Waals surface area contributed by atoms with Gasteiger partial charge < -0.3 is 40.3 Å². The van der Waals surface area contributed by atoms with Crippen molar-refractivity contribution in [2.24, 2.45) is 0 Å². The monoisotopic (exact) mass is 990 g/mol. The van der Waals surface area contributed by atoms with E-state index in [0.717, 1.165) is 38.5 Å². The zero-order chi connectivity index (χ0) is 50.8. The summed E-state index contributed by atoms with van der Waals surface area (Å²) in [6, 6.07) is -0.823. The molecule has 0 aromatic carbocycles. The van der Waals surface area contributed by atoms with E-state index in [1.54, 1.807) is 6.08 Å². The summed E-state index contributed by atoms with van der Waals surface area (Å²) in [6.07, 6.45) is 59.4. The fourth-order valence-electron chi connectivity index (χ4n) is 9.64. The summed E-state index contributed by atoms with van der Waals surface area (Å²) in [7, 11) is 0. The Bertz CT molecular complexity index is 1190. The van der Waals surface area contributed by atoms with Crippen LogP contribution in [0.2, 0.25) is 0 Å². The van der Waals surface area contributed by atoms with Crippen LogP contribution < -0.4 is 5.32 Å². The molecule has 7 atom stereocenters. The van der Waals surface area contributed by atoms with Gasteiger partial charge in [-0.25, -0.2) is 0 Å². The van der Waals surface area contributed by atoms with Gasteiger partial charge >= 0.3 is 0 Å². The summed E-state index contributed by atoms with van der Waals surface area (Å²) in [5.41, 5.74) is 0. The van der Waals surface area contributed by atoms with Crippen LogP contribution in [0.5, 0.6) is 0 Å². The highest BCUT2D eigenvalue weighted by molar-refractivity contribution is 5.76. The Hall–Kier alpha value is -1.59. The van der Waals surface area contributed by atoms with Gasteiger partial charge in [-0.05, 0) is 57.8 Å². The molecule has 6 N–H and O–H groups in total. The Kier molecular flexibility index (Phi) is 48.3. The number of aliphatic hydroxyl groups excluding tert-OH is 5. The summed E-state index contributed by atoms with van der Waals surface area (Å²) in [4.78, 5) is 13.0. The molecule has 9 nitrogen and oxygen atoms in total. The second-order valence-electron chi connectivity index (χ2n) is 21.1. The maximum Gasteiger partial charge on any atom is 0.220 e. The van der Waals surface area contributed by atoms with Gasteiger partial charge in [-0.2, -0.15) is 0 Å². The van der Waals surface area contributed by atoms with Gasteiger partial charge in [0.15, 0.2) is 6.29 Å². The van der Waals surface area contributed by atoms with E-state index in [2.05, 4.69) is 43.5 Å². The molecule has 0 aliphatic carbocycles. The number of hydrogen-bond donors (Lipinski definition) is 6. The van der Waals surface area contributed by atoms with Crippen molar-refractivity contribution in [2.75, 3.05) is 13.2 Å². The van der Waals surface area contributed by atoms with Gasteiger partial charge in [-0.15, -0.1) is 0 Å². The predicted molar refractivity (Wildman–Crippen MR) is 295 cm³/mol. The first kappa shape index (κ1) is 66.4. The number of amides is 1. The highest BCUT2D eigenvalue weighted by Gasteiger charge is 2.44. The van der Waals surface area contributed by atoms with E-state index in [-0.39, 0.29) is 12.5 Å². The van der Waals surface area contributed by atoms with Gasteiger partial charge in [-0.1, -0.05) is 262 Å². The molecule has 1 fully saturated rings. The van der Waals surface area contributed by atoms with Crippen LogP contribution in [0.25, 0.3) is 0 Å². The summed E-state index contributed by atoms with van der Waals surface area (Å²) in [5, 5.41) is 54.5. The maximum absolute atomic E-state index is 13.0. The van der Waals surface area contributed by atoms with Crippen LogP contribution in [-0.4, -0.2) is 87.5 Å². The van der Waals surface area contributed by atoms with Gasteiger partial charge in [0, 0.05) is 6.42 Å². The molecule has 70 heavy (non-hydrogen) atoms. The lowest BCUT2D eigenvalue weighted by Gasteiger charge is -2.40. The van der Waals surface area contributed by atoms with E-state index in [1.807, 2.05) is 6.08 Å². The van der Waals surface area contributed by atoms with Crippen molar-refractivity contribution in [3.8, 4) is 0 Å². The summed E-state index contributed by atoms with van der Waals surface area (Å²) in [5.74, 6) is -0.186. The van der Waals surface area contributed by atoms with Gasteiger partial charge in [-0.3, -0.25) is 4.79 Å². The number of nitrogens with one attached hydrogen (secondary N) is 1. The van der Waals surface area contributed by atoms with E-state index in [0.29, 0.717) is 6.42 Å². The van der Waals surface area contributed by atoms with Gasteiger partial charge in [0.2, 0.25) is 5.91 Å². The lowest BCUT2D eigenvalue weighted by molar-refractivity contribution is -0.302. The molecule has 1 heterocycles. The first-order valence-corrected chi connectivity index (χ1v) is 30.2. The molecule has 9 heteroatoms. The third-order valence-corrected chi connectivity index (χ3v) is 14.4. The summed E-state index contributed by atoms with van der Waals surface area (Å²) < 4.78 is 11.3. The lowest BCUT2D eigenvalue weighted by Crippen LogP contribution is -2.60. The van der Waals surface area contributed by atoms with Crippen LogP contribution in [0.4, 0.5) is 0 Å². The minimum atomic E-state index is -1.57. The number of rotatable bonds is 52. The van der Waals surface area contributed by atoms with Crippen molar-refractivity contribution in [2.45, 2.75) is 333 Å². The molecule has 0 spiro atoms. The van der Waals surface area contributed by atoms with Crippen LogP contribution in [0, 0.1) is 0 Å². The second-order valence-corrected chi connectivity index (χ2v) is 21.1. The van der Waals surface area contributed by atoms with Crippen molar-refractivity contribution in [1.82, 2.24) is 5.32 Å². The smallest absolute Gasteiger partial charge is 0.220 e. The van der Waals surface area contributed by atoms with Gasteiger partial charge in [0.05, 0.1) is 25.4 Å². The van der Waals surface area contributed by atoms with Crippen LogP contribution in [-0.2, 0) is 14.3 Å². The Labute approximate surface area is 431 Å². The predicted octanol–water partition coefficient (Wildman–Crippen LogP) is 15.1. The van der Waals surface area contributed by atoms with Crippen molar-refractivity contribution >= 4 is 5.91 Å². The molecule has 412 valence electrons. The SMILES string of the molecule is CCCCCCCC/C=C\CCCCCCCCCCCC(=O)NC(COC1OC(CO)C(O)C(O)C1O)C(O)/C=C/CC/C=C/CCCCCCCCCCCCCCCCCCCCCCCC. The van der Waals surface area contributed by atoms with Crippen molar-refractivity contribution in [1.29, 1.82) is 0 Å². The van der Waals surface area contributed by atoms with E-state index in [1.165, 1.54) is 231 Å².